The topological polar surface area (TPSA) is 129 Å². The second-order valence-electron chi connectivity index (χ2n) is 1.80. The number of hydrogen-bond acceptors (Lipinski definition) is 6. The van der Waals surface area contributed by atoms with Crippen molar-refractivity contribution in [3.05, 3.63) is 37.3 Å². The number of nitro groups is 3. The molecule has 0 N–H and O–H groups in total. The van der Waals surface area contributed by atoms with E-state index in [-0.39, 0.29) is 0 Å². The quantitative estimate of drug-likeness (QED) is 0.329. The van der Waals surface area contributed by atoms with Crippen LogP contribution in [0.2, 0.25) is 0 Å². The summed E-state index contributed by atoms with van der Waals surface area (Å²) < 4.78 is 0. The zero-order valence-electron chi connectivity index (χ0n) is 5.71. The summed E-state index contributed by atoms with van der Waals surface area (Å²) >= 11 is 0. The van der Waals surface area contributed by atoms with Crippen LogP contribution in [-0.4, -0.2) is 20.6 Å². The van der Waals surface area contributed by atoms with Crippen molar-refractivity contribution in [2.45, 2.75) is 12.2 Å². The lowest BCUT2D eigenvalue weighted by atomic mass is 10.3. The van der Waals surface area contributed by atoms with Gasteiger partial charge in [0, 0.05) is 0 Å². The highest BCUT2D eigenvalue weighted by Crippen LogP contribution is 2.15. The van der Waals surface area contributed by atoms with Gasteiger partial charge in [0.15, 0.2) is 21.2 Å². The van der Waals surface area contributed by atoms with Crippen molar-refractivity contribution >= 4 is 0 Å². The van der Waals surface area contributed by atoms with Crippen LogP contribution in [0.3, 0.4) is 0 Å². The molecule has 0 aliphatic rings. The third-order valence-electron chi connectivity index (χ3n) is 1.21. The lowest BCUT2D eigenvalue weighted by Gasteiger charge is -2.05. The predicted octanol–water partition coefficient (Wildman–Crippen LogP) is -0.306. The molecule has 67 valence electrons. The van der Waals surface area contributed by atoms with Crippen molar-refractivity contribution in [1.29, 1.82) is 0 Å². The Morgan fingerprint density at radius 3 is 1.25 bits per heavy atom. The molecule has 9 nitrogen and oxygen atoms in total. The van der Waals surface area contributed by atoms with Crippen molar-refractivity contribution < 1.29 is 14.8 Å². The van der Waals surface area contributed by atoms with E-state index in [0.717, 1.165) is 0 Å². The highest BCUT2D eigenvalue weighted by Gasteiger charge is 2.68. The molecule has 9 heteroatoms. The summed E-state index contributed by atoms with van der Waals surface area (Å²) in [4.78, 5) is 25.3. The van der Waals surface area contributed by atoms with Gasteiger partial charge in [0.1, 0.15) is 0 Å². The van der Waals surface area contributed by atoms with Crippen LogP contribution in [-0.2, 0) is 0 Å². The lowest BCUT2D eigenvalue weighted by Crippen LogP contribution is -2.52. The van der Waals surface area contributed by atoms with Crippen molar-refractivity contribution in [2.75, 3.05) is 0 Å². The van der Waals surface area contributed by atoms with E-state index in [4.69, 9.17) is 0 Å². The van der Waals surface area contributed by atoms with Gasteiger partial charge in [-0.1, -0.05) is 0 Å². The molecule has 0 aliphatic carbocycles. The van der Waals surface area contributed by atoms with E-state index in [1.807, 2.05) is 0 Å². The van der Waals surface area contributed by atoms with Gasteiger partial charge in [-0.3, -0.25) is 30.3 Å². The van der Waals surface area contributed by atoms with E-state index in [1.165, 1.54) is 0 Å². The molecule has 0 atom stereocenters. The molecule has 0 aliphatic heterocycles. The second-order valence-corrected chi connectivity index (χ2v) is 1.80. The molecule has 0 amide bonds. The van der Waals surface area contributed by atoms with Crippen LogP contribution in [0.4, 0.5) is 0 Å². The Kier molecular flexibility index (Phi) is 2.61. The average Bonchev–Trinajstić information content (AvgIpc) is 1.86. The summed E-state index contributed by atoms with van der Waals surface area (Å²) in [5, 5.41) is 30.1. The van der Waals surface area contributed by atoms with Crippen molar-refractivity contribution in [2.24, 2.45) is 0 Å². The summed E-state index contributed by atoms with van der Waals surface area (Å²) in [6.45, 7) is 2.80. The smallest absolute Gasteiger partial charge is 0.253 e. The first-order valence-corrected chi connectivity index (χ1v) is 2.62. The lowest BCUT2D eigenvalue weighted by molar-refractivity contribution is -0.969. The number of hydrogen-bond donors (Lipinski definition) is 0. The van der Waals surface area contributed by atoms with Crippen molar-refractivity contribution in [1.82, 2.24) is 0 Å². The fourth-order valence-electron chi connectivity index (χ4n) is 0.474. The third-order valence-corrected chi connectivity index (χ3v) is 1.21. The first kappa shape index (κ1) is 10.2. The Bertz CT molecular complexity index is 200. The second kappa shape index (κ2) is 3.07. The van der Waals surface area contributed by atoms with Gasteiger partial charge in [-0.15, -0.1) is 0 Å². The Hall–Kier alpha value is -1.80. The summed E-state index contributed by atoms with van der Waals surface area (Å²) in [6, 6.07) is 0. The van der Waals surface area contributed by atoms with Crippen LogP contribution in [0.15, 0.2) is 0 Å². The molecule has 0 saturated heterocycles. The minimum Gasteiger partial charge on any atom is -0.253 e. The molecule has 0 spiro atoms. The first-order chi connectivity index (χ1) is 5.39. The normalized spacial score (nSPS) is 10.8. The van der Waals surface area contributed by atoms with Crippen molar-refractivity contribution in [3.63, 3.8) is 0 Å². The Morgan fingerprint density at radius 1 is 1.00 bits per heavy atom. The molecule has 0 heterocycles. The third kappa shape index (κ3) is 1.15. The highest BCUT2D eigenvalue weighted by atomic mass is 16.7. The van der Waals surface area contributed by atoms with Gasteiger partial charge in [0.2, 0.25) is 0 Å². The maximum absolute atomic E-state index is 10.0. The molecule has 12 heavy (non-hydrogen) atoms. The molecule has 0 unspecified atom stereocenters. The predicted molar refractivity (Wildman–Crippen MR) is 33.7 cm³/mol. The average molecular weight is 178 g/mol. The molecular formula is C3H4N3O6. The van der Waals surface area contributed by atoms with E-state index in [0.29, 0.717) is 0 Å². The molecule has 0 rings (SSSR count). The van der Waals surface area contributed by atoms with Crippen LogP contribution in [0, 0.1) is 37.3 Å². The highest BCUT2D eigenvalue weighted by molar-refractivity contribution is 4.54. The molecule has 0 aromatic heterocycles. The van der Waals surface area contributed by atoms with Crippen LogP contribution in [0.1, 0.15) is 6.42 Å². The largest absolute Gasteiger partial charge is 0.699 e. The zero-order valence-corrected chi connectivity index (χ0v) is 5.71. The maximum atomic E-state index is 10.0. The van der Waals surface area contributed by atoms with Gasteiger partial charge in [-0.25, -0.2) is 0 Å². The van der Waals surface area contributed by atoms with Gasteiger partial charge in [0.05, 0.1) is 0 Å². The number of nitrogens with zero attached hydrogens (tertiary/aromatic N) is 3. The fraction of sp³-hybridized carbons (Fsp3) is 0.667. The van der Waals surface area contributed by atoms with Crippen LogP contribution in [0.5, 0.6) is 0 Å². The zero-order chi connectivity index (χ0) is 9.94. The monoisotopic (exact) mass is 178 g/mol. The van der Waals surface area contributed by atoms with Gasteiger partial charge >= 0.3 is 5.79 Å². The fourth-order valence-corrected chi connectivity index (χ4v) is 0.474. The van der Waals surface area contributed by atoms with E-state index in [2.05, 4.69) is 6.92 Å². The van der Waals surface area contributed by atoms with Gasteiger partial charge in [0.25, 0.3) is 0 Å². The van der Waals surface area contributed by atoms with E-state index < -0.39 is 27.0 Å². The Labute approximate surface area is 65.4 Å². The summed E-state index contributed by atoms with van der Waals surface area (Å²) in [5.74, 6) is -3.40. The first-order valence-electron chi connectivity index (χ1n) is 2.62. The molecule has 1 radical (unpaired) electrons. The molecule has 0 aromatic carbocycles. The van der Waals surface area contributed by atoms with Gasteiger partial charge < -0.3 is 0 Å². The molecular weight excluding hydrogens is 174 g/mol. The standard InChI is InChI=1S/C3H4N3O6/c1-2-3(4(7)8,5(9)10)6(11)12/h1-2H2. The molecule has 0 aromatic rings. The number of rotatable bonds is 4. The molecule has 0 saturated carbocycles. The summed E-state index contributed by atoms with van der Waals surface area (Å²) in [7, 11) is 0. The van der Waals surface area contributed by atoms with E-state index in [1.54, 1.807) is 0 Å². The van der Waals surface area contributed by atoms with Crippen LogP contribution < -0.4 is 0 Å². The SMILES string of the molecule is [CH2]CC([N+](=O)[O-])([N+](=O)[O-])[N+](=O)[O-]. The van der Waals surface area contributed by atoms with Gasteiger partial charge in [-0.2, -0.15) is 0 Å². The minimum atomic E-state index is -3.40. The van der Waals surface area contributed by atoms with Crippen molar-refractivity contribution in [3.8, 4) is 0 Å². The van der Waals surface area contributed by atoms with E-state index in [9.17, 15) is 30.3 Å². The summed E-state index contributed by atoms with van der Waals surface area (Å²) in [6.07, 6.45) is -1.04. The maximum Gasteiger partial charge on any atom is 0.699 e. The Balaban J connectivity index is 5.19. The molecule has 0 bridgehead atoms. The molecule has 0 fully saturated rings. The van der Waals surface area contributed by atoms with E-state index >= 15 is 0 Å². The Morgan fingerprint density at radius 2 is 1.25 bits per heavy atom. The minimum absolute atomic E-state index is 1.04. The van der Waals surface area contributed by atoms with Crippen LogP contribution in [0.25, 0.3) is 0 Å². The van der Waals surface area contributed by atoms with Crippen LogP contribution >= 0.6 is 0 Å². The summed E-state index contributed by atoms with van der Waals surface area (Å²) in [5.41, 5.74) is 0. The van der Waals surface area contributed by atoms with Gasteiger partial charge in [-0.05, 0) is 6.92 Å².